The average Bonchev–Trinajstić information content (AvgIpc) is 3.04. The van der Waals surface area contributed by atoms with Gasteiger partial charge in [0.05, 0.1) is 33.0 Å². The largest absolute Gasteiger partial charge is 0.374 e. The lowest BCUT2D eigenvalue weighted by atomic mass is 9.98. The Morgan fingerprint density at radius 2 is 0.902 bits per heavy atom. The smallest absolute Gasteiger partial charge is 0.132 e. The van der Waals surface area contributed by atoms with Gasteiger partial charge in [0.2, 0.25) is 0 Å². The molecular weight excluding hydrogens is 532 g/mol. The fraction of sp³-hybridized carbons (Fsp3) is 0.314. The summed E-state index contributed by atoms with van der Waals surface area (Å²) in [5.74, 6) is 0. The maximum absolute atomic E-state index is 6.70. The molecule has 214 valence electrons. The van der Waals surface area contributed by atoms with Crippen molar-refractivity contribution in [2.24, 2.45) is 0 Å². The lowest BCUT2D eigenvalue weighted by Crippen LogP contribution is -2.60. The molecule has 0 aliphatic carbocycles. The molecule has 0 unspecified atom stereocenters. The summed E-state index contributed by atoms with van der Waals surface area (Å²) >= 11 is 1.63. The van der Waals surface area contributed by atoms with Gasteiger partial charge in [-0.15, -0.1) is 11.8 Å². The first-order chi connectivity index (χ1) is 20.3. The summed E-state index contributed by atoms with van der Waals surface area (Å²) in [5.41, 5.74) is 4.16. The molecule has 0 spiro atoms. The van der Waals surface area contributed by atoms with Gasteiger partial charge in [-0.25, -0.2) is 0 Å². The summed E-state index contributed by atoms with van der Waals surface area (Å²) in [7, 11) is 0. The highest BCUT2D eigenvalue weighted by Crippen LogP contribution is 2.34. The van der Waals surface area contributed by atoms with Crippen LogP contribution in [0.15, 0.2) is 121 Å². The molecule has 0 radical (unpaired) electrons. The molecule has 0 bridgehead atoms. The molecule has 4 aromatic rings. The van der Waals surface area contributed by atoms with Gasteiger partial charge in [-0.2, -0.15) is 0 Å². The van der Waals surface area contributed by atoms with Crippen LogP contribution in [0.4, 0.5) is 0 Å². The summed E-state index contributed by atoms with van der Waals surface area (Å²) in [4.78, 5) is 0. The average molecular weight is 571 g/mol. The highest BCUT2D eigenvalue weighted by Gasteiger charge is 2.48. The SMILES string of the molecule is CS[C@H]1O[C@H](COCc2ccccc2)[C@@H](OCc2ccccc2)[C@H](OCc2ccccc2)[C@H]1OCc1ccccc1. The maximum atomic E-state index is 6.70. The molecule has 5 nitrogen and oxygen atoms in total. The van der Waals surface area contributed by atoms with Gasteiger partial charge in [-0.3, -0.25) is 0 Å². The first-order valence-corrected chi connectivity index (χ1v) is 15.4. The van der Waals surface area contributed by atoms with E-state index >= 15 is 0 Å². The highest BCUT2D eigenvalue weighted by atomic mass is 32.2. The topological polar surface area (TPSA) is 46.2 Å². The maximum Gasteiger partial charge on any atom is 0.132 e. The van der Waals surface area contributed by atoms with Crippen LogP contribution in [0.5, 0.6) is 0 Å². The Morgan fingerprint density at radius 1 is 0.512 bits per heavy atom. The molecule has 6 heteroatoms. The van der Waals surface area contributed by atoms with E-state index in [9.17, 15) is 0 Å². The Labute approximate surface area is 247 Å². The molecule has 1 aliphatic rings. The minimum atomic E-state index is -0.404. The van der Waals surface area contributed by atoms with Crippen LogP contribution in [-0.4, -0.2) is 42.7 Å². The summed E-state index contributed by atoms with van der Waals surface area (Å²) < 4.78 is 32.8. The van der Waals surface area contributed by atoms with E-state index < -0.39 is 6.10 Å². The second kappa shape index (κ2) is 15.9. The summed E-state index contributed by atoms with van der Waals surface area (Å²) in [6.07, 6.45) is 0.584. The molecule has 0 aromatic heterocycles. The molecular formula is C35H38O5S. The van der Waals surface area contributed by atoms with Gasteiger partial charge in [-0.05, 0) is 28.5 Å². The number of ether oxygens (including phenoxy) is 5. The zero-order valence-electron chi connectivity index (χ0n) is 23.4. The van der Waals surface area contributed by atoms with Crippen molar-refractivity contribution in [2.45, 2.75) is 56.3 Å². The van der Waals surface area contributed by atoms with Crippen LogP contribution in [0.1, 0.15) is 22.3 Å². The second-order valence-corrected chi connectivity index (χ2v) is 11.0. The van der Waals surface area contributed by atoms with E-state index in [1.165, 1.54) is 0 Å². The van der Waals surface area contributed by atoms with Gasteiger partial charge in [0.15, 0.2) is 0 Å². The molecule has 0 saturated carbocycles. The van der Waals surface area contributed by atoms with Crippen molar-refractivity contribution in [3.8, 4) is 0 Å². The third-order valence-corrected chi connectivity index (χ3v) is 7.92. The lowest BCUT2D eigenvalue weighted by molar-refractivity contribution is -0.254. The molecule has 5 atom stereocenters. The first-order valence-electron chi connectivity index (χ1n) is 14.1. The summed E-state index contributed by atoms with van der Waals surface area (Å²) in [6, 6.07) is 40.8. The third kappa shape index (κ3) is 8.76. The van der Waals surface area contributed by atoms with Crippen LogP contribution in [0.25, 0.3) is 0 Å². The highest BCUT2D eigenvalue weighted by molar-refractivity contribution is 7.99. The molecule has 1 aliphatic heterocycles. The van der Waals surface area contributed by atoms with Crippen LogP contribution in [0.3, 0.4) is 0 Å². The minimum absolute atomic E-state index is 0.249. The summed E-state index contributed by atoms with van der Waals surface area (Å²) in [5, 5.41) is 0. The zero-order chi connectivity index (χ0) is 28.1. The van der Waals surface area contributed by atoms with E-state index in [0.29, 0.717) is 33.0 Å². The predicted molar refractivity (Wildman–Crippen MR) is 163 cm³/mol. The number of hydrogen-bond acceptors (Lipinski definition) is 6. The Bertz CT molecular complexity index is 1260. The van der Waals surface area contributed by atoms with Crippen molar-refractivity contribution in [3.63, 3.8) is 0 Å². The van der Waals surface area contributed by atoms with Crippen molar-refractivity contribution in [2.75, 3.05) is 12.9 Å². The van der Waals surface area contributed by atoms with Gasteiger partial charge in [0, 0.05) is 0 Å². The summed E-state index contributed by atoms with van der Waals surface area (Å²) in [6.45, 7) is 2.21. The third-order valence-electron chi connectivity index (χ3n) is 7.07. The molecule has 1 fully saturated rings. The molecule has 0 N–H and O–H groups in total. The quantitative estimate of drug-likeness (QED) is 0.162. The van der Waals surface area contributed by atoms with Gasteiger partial charge in [0.25, 0.3) is 0 Å². The molecule has 1 saturated heterocycles. The van der Waals surface area contributed by atoms with Crippen LogP contribution < -0.4 is 0 Å². The van der Waals surface area contributed by atoms with Gasteiger partial charge in [0.1, 0.15) is 29.9 Å². The molecule has 0 amide bonds. The fourth-order valence-corrected chi connectivity index (χ4v) is 5.69. The van der Waals surface area contributed by atoms with E-state index in [1.54, 1.807) is 11.8 Å². The van der Waals surface area contributed by atoms with Gasteiger partial charge in [-0.1, -0.05) is 121 Å². The number of thioether (sulfide) groups is 1. The Balaban J connectivity index is 1.38. The zero-order valence-corrected chi connectivity index (χ0v) is 24.2. The Morgan fingerprint density at radius 3 is 1.34 bits per heavy atom. The van der Waals surface area contributed by atoms with Crippen LogP contribution in [0, 0.1) is 0 Å². The van der Waals surface area contributed by atoms with Crippen LogP contribution in [0.2, 0.25) is 0 Å². The number of benzene rings is 4. The van der Waals surface area contributed by atoms with Crippen molar-refractivity contribution in [1.29, 1.82) is 0 Å². The van der Waals surface area contributed by atoms with Gasteiger partial charge < -0.3 is 23.7 Å². The van der Waals surface area contributed by atoms with Crippen LogP contribution in [-0.2, 0) is 50.1 Å². The van der Waals surface area contributed by atoms with Crippen LogP contribution >= 0.6 is 11.8 Å². The van der Waals surface area contributed by atoms with E-state index in [1.807, 2.05) is 79.1 Å². The number of rotatable bonds is 14. The molecule has 5 rings (SSSR count). The molecule has 41 heavy (non-hydrogen) atoms. The van der Waals surface area contributed by atoms with Crippen molar-refractivity contribution in [1.82, 2.24) is 0 Å². The molecule has 4 aromatic carbocycles. The van der Waals surface area contributed by atoms with Crippen molar-refractivity contribution >= 4 is 11.8 Å². The Kier molecular flexibility index (Phi) is 11.4. The minimum Gasteiger partial charge on any atom is -0.374 e. The van der Waals surface area contributed by atoms with E-state index in [4.69, 9.17) is 23.7 Å². The standard InChI is InChI=1S/C35H38O5S/c1-41-35-34(39-25-30-20-12-5-13-21-30)33(38-24-29-18-10-4-11-19-29)32(37-23-28-16-8-3-9-17-28)31(40-35)26-36-22-27-14-6-2-7-15-27/h2-21,31-35H,22-26H2,1H3/t31-,32-,33+,34-,35-/m1/s1. The monoisotopic (exact) mass is 570 g/mol. The fourth-order valence-electron chi connectivity index (χ4n) is 4.94. The van der Waals surface area contributed by atoms with Gasteiger partial charge >= 0.3 is 0 Å². The van der Waals surface area contributed by atoms with Crippen molar-refractivity contribution < 1.29 is 23.7 Å². The first kappa shape index (κ1) is 29.5. The second-order valence-electron chi connectivity index (χ2n) is 10.1. The molecule has 1 heterocycles. The Hall–Kier alpha value is -2.97. The van der Waals surface area contributed by atoms with Crippen molar-refractivity contribution in [3.05, 3.63) is 144 Å². The predicted octanol–water partition coefficient (Wildman–Crippen LogP) is 7.05. The normalized spacial score (nSPS) is 22.4. The lowest BCUT2D eigenvalue weighted by Gasteiger charge is -2.45. The van der Waals surface area contributed by atoms with E-state index in [-0.39, 0.29) is 23.7 Å². The van der Waals surface area contributed by atoms with E-state index in [0.717, 1.165) is 22.3 Å². The van der Waals surface area contributed by atoms with E-state index in [2.05, 4.69) is 48.5 Å². The number of hydrogen-bond donors (Lipinski definition) is 0.